The number of benzene rings is 2. The third-order valence-corrected chi connectivity index (χ3v) is 7.41. The highest BCUT2D eigenvalue weighted by Gasteiger charge is 2.33. The number of thioether (sulfide) groups is 1. The first-order valence-corrected chi connectivity index (χ1v) is 11.3. The van der Waals surface area contributed by atoms with E-state index in [1.165, 1.54) is 16.0 Å². The molecule has 2 heterocycles. The number of hydrogen-bond acceptors (Lipinski definition) is 4. The zero-order chi connectivity index (χ0) is 20.2. The van der Waals surface area contributed by atoms with Crippen molar-refractivity contribution in [3.05, 3.63) is 53.6 Å². The molecule has 2 aliphatic rings. The Hall–Kier alpha value is -2.14. The third kappa shape index (κ3) is 4.72. The van der Waals surface area contributed by atoms with Crippen LogP contribution in [0.25, 0.3) is 0 Å². The molecule has 2 aromatic rings. The molecule has 2 aliphatic heterocycles. The fourth-order valence-electron chi connectivity index (χ4n) is 4.35. The van der Waals surface area contributed by atoms with Gasteiger partial charge in [0.15, 0.2) is 0 Å². The van der Waals surface area contributed by atoms with Crippen molar-refractivity contribution in [1.29, 1.82) is 0 Å². The summed E-state index contributed by atoms with van der Waals surface area (Å²) in [6.45, 7) is 1.77. The maximum absolute atomic E-state index is 13.0. The van der Waals surface area contributed by atoms with Crippen molar-refractivity contribution in [3.8, 4) is 11.5 Å². The van der Waals surface area contributed by atoms with Crippen molar-refractivity contribution in [1.82, 2.24) is 4.90 Å². The molecular formula is C24H29NO3S. The van der Waals surface area contributed by atoms with Crippen LogP contribution in [0.2, 0.25) is 0 Å². The van der Waals surface area contributed by atoms with E-state index >= 15 is 0 Å². The fourth-order valence-corrected chi connectivity index (χ4v) is 5.63. The molecule has 1 amide bonds. The minimum absolute atomic E-state index is 0.0631. The van der Waals surface area contributed by atoms with Gasteiger partial charge in [-0.15, -0.1) is 11.8 Å². The standard InChI is InChI=1S/C24H29NO3S/c1-27-20-13-18(14-21(16-20)28-2)8-7-17-9-11-25(12-10-17)24(26)23-15-19-5-3-4-6-22(19)29-23/h3-6,13-14,16-17,23H,7-12,15H2,1-2H3/t23-/m0/s1. The first-order valence-electron chi connectivity index (χ1n) is 10.4. The van der Waals surface area contributed by atoms with Crippen LogP contribution in [0.3, 0.4) is 0 Å². The van der Waals surface area contributed by atoms with Crippen molar-refractivity contribution in [2.24, 2.45) is 5.92 Å². The molecule has 0 bridgehead atoms. The van der Waals surface area contributed by atoms with Gasteiger partial charge in [0.05, 0.1) is 19.5 Å². The SMILES string of the molecule is COc1cc(CCC2CCN(C(=O)[C@@H]3Cc4ccccc4S3)CC2)cc(OC)c1. The second-order valence-corrected chi connectivity index (χ2v) is 9.19. The van der Waals surface area contributed by atoms with E-state index in [-0.39, 0.29) is 5.25 Å². The van der Waals surface area contributed by atoms with E-state index in [0.29, 0.717) is 11.8 Å². The summed E-state index contributed by atoms with van der Waals surface area (Å²) in [7, 11) is 3.37. The van der Waals surface area contributed by atoms with Gasteiger partial charge in [-0.25, -0.2) is 0 Å². The van der Waals surface area contributed by atoms with Crippen molar-refractivity contribution in [2.45, 2.75) is 42.2 Å². The Morgan fingerprint density at radius 2 is 1.76 bits per heavy atom. The molecule has 154 valence electrons. The molecule has 1 saturated heterocycles. The summed E-state index contributed by atoms with van der Waals surface area (Å²) in [5, 5.41) is 0.0631. The molecule has 4 rings (SSSR count). The summed E-state index contributed by atoms with van der Waals surface area (Å²) in [4.78, 5) is 16.3. The van der Waals surface area contributed by atoms with Crippen LogP contribution in [0.5, 0.6) is 11.5 Å². The number of carbonyl (C=O) groups is 1. The fraction of sp³-hybridized carbons (Fsp3) is 0.458. The number of fused-ring (bicyclic) bond motifs is 1. The average molecular weight is 412 g/mol. The van der Waals surface area contributed by atoms with Gasteiger partial charge in [0.25, 0.3) is 0 Å². The summed E-state index contributed by atoms with van der Waals surface area (Å²) in [5.74, 6) is 2.68. The smallest absolute Gasteiger partial charge is 0.236 e. The number of nitrogens with zero attached hydrogens (tertiary/aromatic N) is 1. The minimum atomic E-state index is 0.0631. The zero-order valence-corrected chi connectivity index (χ0v) is 18.0. The number of amides is 1. The van der Waals surface area contributed by atoms with Crippen molar-refractivity contribution >= 4 is 17.7 Å². The summed E-state index contributed by atoms with van der Waals surface area (Å²) in [5.41, 5.74) is 2.57. The van der Waals surface area contributed by atoms with Gasteiger partial charge in [-0.1, -0.05) is 18.2 Å². The molecule has 4 nitrogen and oxygen atoms in total. The lowest BCUT2D eigenvalue weighted by atomic mass is 9.90. The number of aryl methyl sites for hydroxylation is 1. The van der Waals surface area contributed by atoms with Crippen molar-refractivity contribution < 1.29 is 14.3 Å². The lowest BCUT2D eigenvalue weighted by Gasteiger charge is -2.33. The van der Waals surface area contributed by atoms with Gasteiger partial charge >= 0.3 is 0 Å². The summed E-state index contributed by atoms with van der Waals surface area (Å²) >= 11 is 1.74. The minimum Gasteiger partial charge on any atom is -0.497 e. The van der Waals surface area contributed by atoms with Crippen LogP contribution in [0.15, 0.2) is 47.4 Å². The predicted molar refractivity (Wildman–Crippen MR) is 117 cm³/mol. The van der Waals surface area contributed by atoms with Gasteiger partial charge < -0.3 is 14.4 Å². The van der Waals surface area contributed by atoms with Crippen molar-refractivity contribution in [2.75, 3.05) is 27.3 Å². The molecule has 0 spiro atoms. The van der Waals surface area contributed by atoms with Crippen molar-refractivity contribution in [3.63, 3.8) is 0 Å². The number of likely N-dealkylation sites (tertiary alicyclic amines) is 1. The molecule has 0 N–H and O–H groups in total. The summed E-state index contributed by atoms with van der Waals surface area (Å²) in [6.07, 6.45) is 5.22. The van der Waals surface area contributed by atoms with Crippen LogP contribution in [0, 0.1) is 5.92 Å². The van der Waals surface area contributed by atoms with Gasteiger partial charge in [0, 0.05) is 24.1 Å². The molecule has 0 aliphatic carbocycles. The van der Waals surface area contributed by atoms with E-state index in [0.717, 1.165) is 56.7 Å². The topological polar surface area (TPSA) is 38.8 Å². The van der Waals surface area contributed by atoms with Crippen LogP contribution in [-0.2, 0) is 17.6 Å². The normalized spacial score (nSPS) is 19.1. The number of hydrogen-bond donors (Lipinski definition) is 0. The largest absolute Gasteiger partial charge is 0.497 e. The van der Waals surface area contributed by atoms with Gasteiger partial charge in [0.1, 0.15) is 11.5 Å². The van der Waals surface area contributed by atoms with Gasteiger partial charge in [-0.2, -0.15) is 0 Å². The number of carbonyl (C=O) groups excluding carboxylic acids is 1. The van der Waals surface area contributed by atoms with E-state index in [1.54, 1.807) is 26.0 Å². The molecule has 1 atom stereocenters. The molecule has 2 aromatic carbocycles. The summed E-state index contributed by atoms with van der Waals surface area (Å²) in [6, 6.07) is 14.5. The van der Waals surface area contributed by atoms with E-state index < -0.39 is 0 Å². The first-order chi connectivity index (χ1) is 14.2. The van der Waals surface area contributed by atoms with Crippen LogP contribution in [0.1, 0.15) is 30.4 Å². The zero-order valence-electron chi connectivity index (χ0n) is 17.2. The maximum Gasteiger partial charge on any atom is 0.236 e. The Balaban J connectivity index is 1.26. The first kappa shape index (κ1) is 20.1. The van der Waals surface area contributed by atoms with Gasteiger partial charge in [-0.3, -0.25) is 4.79 Å². The maximum atomic E-state index is 13.0. The van der Waals surface area contributed by atoms with Crippen LogP contribution < -0.4 is 9.47 Å². The Kier molecular flexibility index (Phi) is 6.34. The second kappa shape index (κ2) is 9.12. The lowest BCUT2D eigenvalue weighted by molar-refractivity contribution is -0.131. The molecule has 0 radical (unpaired) electrons. The Labute approximate surface area is 177 Å². The monoisotopic (exact) mass is 411 g/mol. The van der Waals surface area contributed by atoms with E-state index in [9.17, 15) is 4.79 Å². The number of methoxy groups -OCH3 is 2. The van der Waals surface area contributed by atoms with E-state index in [4.69, 9.17) is 9.47 Å². The van der Waals surface area contributed by atoms with Crippen LogP contribution in [0.4, 0.5) is 0 Å². The van der Waals surface area contributed by atoms with Crippen LogP contribution >= 0.6 is 11.8 Å². The molecule has 0 unspecified atom stereocenters. The molecule has 5 heteroatoms. The molecule has 29 heavy (non-hydrogen) atoms. The highest BCUT2D eigenvalue weighted by Crippen LogP contribution is 2.38. The number of ether oxygens (including phenoxy) is 2. The van der Waals surface area contributed by atoms with Gasteiger partial charge in [-0.05, 0) is 67.3 Å². The highest BCUT2D eigenvalue weighted by atomic mass is 32.2. The quantitative estimate of drug-likeness (QED) is 0.697. The average Bonchev–Trinajstić information content (AvgIpc) is 3.21. The Morgan fingerprint density at radius 1 is 1.07 bits per heavy atom. The highest BCUT2D eigenvalue weighted by molar-refractivity contribution is 8.01. The van der Waals surface area contributed by atoms with Gasteiger partial charge in [0.2, 0.25) is 5.91 Å². The third-order valence-electron chi connectivity index (χ3n) is 6.10. The molecular weight excluding hydrogens is 382 g/mol. The lowest BCUT2D eigenvalue weighted by Crippen LogP contribution is -2.43. The summed E-state index contributed by atoms with van der Waals surface area (Å²) < 4.78 is 10.8. The molecule has 1 fully saturated rings. The number of piperidine rings is 1. The predicted octanol–water partition coefficient (Wildman–Crippen LogP) is 4.59. The van der Waals surface area contributed by atoms with Crippen LogP contribution in [-0.4, -0.2) is 43.4 Å². The molecule has 0 saturated carbocycles. The Bertz CT molecular complexity index is 814. The number of rotatable bonds is 6. The van der Waals surface area contributed by atoms with E-state index in [2.05, 4.69) is 41.3 Å². The molecule has 0 aromatic heterocycles. The Morgan fingerprint density at radius 3 is 2.41 bits per heavy atom. The second-order valence-electron chi connectivity index (χ2n) is 7.95. The van der Waals surface area contributed by atoms with E-state index in [1.807, 2.05) is 6.07 Å².